The van der Waals surface area contributed by atoms with Gasteiger partial charge in [-0.2, -0.15) is 4.31 Å². The van der Waals surface area contributed by atoms with Gasteiger partial charge in [0.1, 0.15) is 5.82 Å². The molecule has 0 atom stereocenters. The lowest BCUT2D eigenvalue weighted by molar-refractivity contribution is -0.115. The fourth-order valence-electron chi connectivity index (χ4n) is 3.73. The molecule has 1 N–H and O–H groups in total. The summed E-state index contributed by atoms with van der Waals surface area (Å²) in [6.45, 7) is 5.99. The first-order valence-electron chi connectivity index (χ1n) is 10.3. The largest absolute Gasteiger partial charge is 0.370 e. The third-order valence-corrected chi connectivity index (χ3v) is 7.39. The number of amides is 1. The monoisotopic (exact) mass is 433 g/mol. The molecule has 162 valence electrons. The van der Waals surface area contributed by atoms with E-state index in [1.807, 2.05) is 0 Å². The molecule has 2 aromatic rings. The van der Waals surface area contributed by atoms with Crippen LogP contribution in [0.15, 0.2) is 47.4 Å². The predicted octanol–water partition coefficient (Wildman–Crippen LogP) is 3.64. The van der Waals surface area contributed by atoms with Gasteiger partial charge in [-0.15, -0.1) is 0 Å². The number of hydrogen-bond donors (Lipinski definition) is 1. The van der Waals surface area contributed by atoms with Crippen molar-refractivity contribution in [1.29, 1.82) is 0 Å². The molecule has 6 nitrogen and oxygen atoms in total. The zero-order valence-corrected chi connectivity index (χ0v) is 18.2. The van der Waals surface area contributed by atoms with Gasteiger partial charge in [0.05, 0.1) is 22.7 Å². The molecule has 2 aromatic carbocycles. The van der Waals surface area contributed by atoms with Gasteiger partial charge in [0.2, 0.25) is 15.9 Å². The molecule has 1 aliphatic heterocycles. The molecule has 1 saturated heterocycles. The highest BCUT2D eigenvalue weighted by atomic mass is 32.2. The van der Waals surface area contributed by atoms with Gasteiger partial charge in [-0.05, 0) is 42.7 Å². The van der Waals surface area contributed by atoms with Crippen molar-refractivity contribution in [3.8, 4) is 0 Å². The third kappa shape index (κ3) is 4.82. The minimum atomic E-state index is -3.66. The van der Waals surface area contributed by atoms with Crippen LogP contribution in [0.5, 0.6) is 0 Å². The van der Waals surface area contributed by atoms with Gasteiger partial charge < -0.3 is 10.2 Å². The average molecular weight is 434 g/mol. The fraction of sp³-hybridized carbons (Fsp3) is 0.409. The molecule has 0 saturated carbocycles. The third-order valence-electron chi connectivity index (χ3n) is 5.34. The molecule has 0 aliphatic carbocycles. The van der Waals surface area contributed by atoms with Crippen molar-refractivity contribution in [1.82, 2.24) is 4.31 Å². The maximum atomic E-state index is 13.9. The summed E-state index contributed by atoms with van der Waals surface area (Å²) in [6.07, 6.45) is 1.96. The number of sulfonamides is 1. The Morgan fingerprint density at radius 1 is 1.10 bits per heavy atom. The normalized spacial score (nSPS) is 14.3. The summed E-state index contributed by atoms with van der Waals surface area (Å²) in [4.78, 5) is 14.9. The second-order valence-corrected chi connectivity index (χ2v) is 9.22. The minimum Gasteiger partial charge on any atom is -0.370 e. The van der Waals surface area contributed by atoms with Crippen LogP contribution in [0, 0.1) is 5.82 Å². The molecule has 0 aromatic heterocycles. The van der Waals surface area contributed by atoms with Crippen molar-refractivity contribution in [3.05, 3.63) is 53.8 Å². The second kappa shape index (κ2) is 9.57. The van der Waals surface area contributed by atoms with E-state index < -0.39 is 21.7 Å². The van der Waals surface area contributed by atoms with E-state index in [4.69, 9.17) is 0 Å². The molecule has 3 rings (SSSR count). The molecule has 1 amide bonds. The van der Waals surface area contributed by atoms with Crippen LogP contribution in [-0.4, -0.2) is 44.8 Å². The Morgan fingerprint density at radius 3 is 2.40 bits per heavy atom. The standard InChI is InChI=1S/C22H28FN3O3S/c1-3-26(4-2)30(28,29)18-11-12-21(25-13-7-8-14-25)20(16-18)24-22(27)15-17-9-5-6-10-19(17)23/h5-6,9-12,16H,3-4,7-8,13-15H2,1-2H3,(H,24,27). The first-order chi connectivity index (χ1) is 14.4. The van der Waals surface area contributed by atoms with Crippen LogP contribution in [-0.2, 0) is 21.2 Å². The van der Waals surface area contributed by atoms with Gasteiger partial charge in [-0.25, -0.2) is 12.8 Å². The van der Waals surface area contributed by atoms with Gasteiger partial charge in [0, 0.05) is 26.2 Å². The Balaban J connectivity index is 1.93. The van der Waals surface area contributed by atoms with E-state index in [1.54, 1.807) is 44.2 Å². The summed E-state index contributed by atoms with van der Waals surface area (Å²) in [5.41, 5.74) is 1.52. The van der Waals surface area contributed by atoms with Crippen molar-refractivity contribution < 1.29 is 17.6 Å². The molecule has 1 aliphatic rings. The SMILES string of the molecule is CCN(CC)S(=O)(=O)c1ccc(N2CCCC2)c(NC(=O)Cc2ccccc2F)c1. The van der Waals surface area contributed by atoms with Crippen molar-refractivity contribution in [3.63, 3.8) is 0 Å². The Hall–Kier alpha value is -2.45. The number of hydrogen-bond acceptors (Lipinski definition) is 4. The van der Waals surface area contributed by atoms with Crippen LogP contribution in [0.4, 0.5) is 15.8 Å². The second-order valence-electron chi connectivity index (χ2n) is 7.28. The van der Waals surface area contributed by atoms with Gasteiger partial charge in [0.25, 0.3) is 0 Å². The van der Waals surface area contributed by atoms with Crippen LogP contribution in [0.2, 0.25) is 0 Å². The molecular weight excluding hydrogens is 405 g/mol. The summed E-state index contributed by atoms with van der Waals surface area (Å²) in [5.74, 6) is -0.830. The quantitative estimate of drug-likeness (QED) is 0.690. The van der Waals surface area contributed by atoms with Crippen molar-refractivity contribution in [2.24, 2.45) is 0 Å². The Kier molecular flexibility index (Phi) is 7.10. The average Bonchev–Trinajstić information content (AvgIpc) is 3.25. The van der Waals surface area contributed by atoms with Gasteiger partial charge >= 0.3 is 0 Å². The molecule has 0 unspecified atom stereocenters. The highest BCUT2D eigenvalue weighted by molar-refractivity contribution is 7.89. The summed E-state index contributed by atoms with van der Waals surface area (Å²) in [6, 6.07) is 11.0. The van der Waals surface area contributed by atoms with Crippen LogP contribution in [0.1, 0.15) is 32.3 Å². The van der Waals surface area contributed by atoms with E-state index in [0.29, 0.717) is 24.3 Å². The van der Waals surface area contributed by atoms with E-state index in [2.05, 4.69) is 10.2 Å². The predicted molar refractivity (Wildman–Crippen MR) is 117 cm³/mol. The van der Waals surface area contributed by atoms with E-state index in [0.717, 1.165) is 31.6 Å². The minimum absolute atomic E-state index is 0.126. The highest BCUT2D eigenvalue weighted by Crippen LogP contribution is 2.32. The van der Waals surface area contributed by atoms with Crippen LogP contribution in [0.3, 0.4) is 0 Å². The summed E-state index contributed by atoms with van der Waals surface area (Å²) in [7, 11) is -3.66. The zero-order chi connectivity index (χ0) is 21.7. The molecule has 0 bridgehead atoms. The Labute approximate surface area is 177 Å². The number of carbonyl (C=O) groups excluding carboxylic acids is 1. The fourth-order valence-corrected chi connectivity index (χ4v) is 5.22. The molecule has 30 heavy (non-hydrogen) atoms. The number of rotatable bonds is 8. The van der Waals surface area contributed by atoms with Gasteiger partial charge in [-0.3, -0.25) is 4.79 Å². The Morgan fingerprint density at radius 2 is 1.77 bits per heavy atom. The summed E-state index contributed by atoms with van der Waals surface area (Å²) < 4.78 is 41.2. The van der Waals surface area contributed by atoms with Crippen LogP contribution >= 0.6 is 0 Å². The first-order valence-corrected chi connectivity index (χ1v) is 11.7. The zero-order valence-electron chi connectivity index (χ0n) is 17.4. The van der Waals surface area contributed by atoms with E-state index in [9.17, 15) is 17.6 Å². The number of anilines is 2. The molecular formula is C22H28FN3O3S. The molecule has 8 heteroatoms. The molecule has 0 radical (unpaired) electrons. The maximum Gasteiger partial charge on any atom is 0.243 e. The van der Waals surface area contributed by atoms with Crippen LogP contribution < -0.4 is 10.2 Å². The van der Waals surface area contributed by atoms with Crippen LogP contribution in [0.25, 0.3) is 0 Å². The summed E-state index contributed by atoms with van der Waals surface area (Å²) >= 11 is 0. The van der Waals surface area contributed by atoms with E-state index in [-0.39, 0.29) is 11.3 Å². The van der Waals surface area contributed by atoms with Gasteiger partial charge in [0.15, 0.2) is 0 Å². The smallest absolute Gasteiger partial charge is 0.243 e. The van der Waals surface area contributed by atoms with Crippen molar-refractivity contribution in [2.75, 3.05) is 36.4 Å². The molecule has 1 fully saturated rings. The highest BCUT2D eigenvalue weighted by Gasteiger charge is 2.25. The lowest BCUT2D eigenvalue weighted by Crippen LogP contribution is -2.31. The number of carbonyl (C=O) groups is 1. The van der Waals surface area contributed by atoms with Gasteiger partial charge in [-0.1, -0.05) is 32.0 Å². The number of nitrogens with one attached hydrogen (secondary N) is 1. The van der Waals surface area contributed by atoms with Crippen molar-refractivity contribution in [2.45, 2.75) is 38.0 Å². The van der Waals surface area contributed by atoms with E-state index in [1.165, 1.54) is 16.4 Å². The first kappa shape index (κ1) is 22.2. The maximum absolute atomic E-state index is 13.9. The number of nitrogens with zero attached hydrogens (tertiary/aromatic N) is 2. The topological polar surface area (TPSA) is 69.7 Å². The number of benzene rings is 2. The van der Waals surface area contributed by atoms with E-state index >= 15 is 0 Å². The van der Waals surface area contributed by atoms with Crippen molar-refractivity contribution >= 4 is 27.3 Å². The Bertz CT molecular complexity index is 1000. The summed E-state index contributed by atoms with van der Waals surface area (Å²) in [5, 5.41) is 2.82. The lowest BCUT2D eigenvalue weighted by Gasteiger charge is -2.24. The molecule has 0 spiro atoms. The lowest BCUT2D eigenvalue weighted by atomic mass is 10.1. The number of halogens is 1. The molecule has 1 heterocycles.